The van der Waals surface area contributed by atoms with Gasteiger partial charge in [0.15, 0.2) is 0 Å². The van der Waals surface area contributed by atoms with Crippen molar-refractivity contribution in [1.82, 2.24) is 0 Å². The van der Waals surface area contributed by atoms with Crippen LogP contribution in [0.1, 0.15) is 88.2 Å². The van der Waals surface area contributed by atoms with Gasteiger partial charge in [-0.05, 0) is 55.6 Å². The Hall–Kier alpha value is -0.670. The summed E-state index contributed by atoms with van der Waals surface area (Å²) in [5, 5.41) is 0. The molecule has 1 saturated carbocycles. The van der Waals surface area contributed by atoms with Crippen LogP contribution < -0.4 is 5.73 Å². The van der Waals surface area contributed by atoms with E-state index in [2.05, 4.69) is 31.2 Å². The lowest BCUT2D eigenvalue weighted by atomic mass is 9.90. The summed E-state index contributed by atoms with van der Waals surface area (Å²) in [6.45, 7) is 2.25. The number of rotatable bonds is 11. The molecule has 4 N–H and O–H groups in total. The van der Waals surface area contributed by atoms with Gasteiger partial charge in [0.1, 0.15) is 0 Å². The van der Waals surface area contributed by atoms with Crippen molar-refractivity contribution in [2.45, 2.75) is 89.0 Å². The molecule has 0 amide bonds. The molecule has 0 bridgehead atoms. The Labute approximate surface area is 158 Å². The van der Waals surface area contributed by atoms with E-state index in [4.69, 9.17) is 15.5 Å². The Morgan fingerprint density at radius 2 is 1.77 bits per heavy atom. The van der Waals surface area contributed by atoms with Gasteiger partial charge in [-0.2, -0.15) is 0 Å². The molecule has 0 heterocycles. The minimum absolute atomic E-state index is 0.104. The van der Waals surface area contributed by atoms with E-state index in [0.717, 1.165) is 25.7 Å². The van der Waals surface area contributed by atoms with Crippen LogP contribution in [0.3, 0.4) is 0 Å². The Balaban J connectivity index is 1.77. The molecule has 1 aliphatic carbocycles. The number of nitrogens with two attached hydrogens (primary N) is 1. The van der Waals surface area contributed by atoms with Gasteiger partial charge in [-0.15, -0.1) is 0 Å². The van der Waals surface area contributed by atoms with E-state index in [1.54, 1.807) is 0 Å². The van der Waals surface area contributed by atoms with Crippen LogP contribution >= 0.6 is 7.60 Å². The van der Waals surface area contributed by atoms with Gasteiger partial charge in [0.05, 0.1) is 6.16 Å². The Bertz CT molecular complexity index is 583. The summed E-state index contributed by atoms with van der Waals surface area (Å²) in [6.07, 6.45) is 12.1. The van der Waals surface area contributed by atoms with Crippen LogP contribution in [0.15, 0.2) is 24.3 Å². The van der Waals surface area contributed by atoms with Crippen molar-refractivity contribution in [2.24, 2.45) is 5.73 Å². The van der Waals surface area contributed by atoms with Crippen LogP contribution in [0.25, 0.3) is 0 Å². The molecule has 26 heavy (non-hydrogen) atoms. The third-order valence-electron chi connectivity index (χ3n) is 5.81. The molecule has 5 heteroatoms. The molecule has 0 radical (unpaired) electrons. The monoisotopic (exact) mass is 381 g/mol. The van der Waals surface area contributed by atoms with Gasteiger partial charge < -0.3 is 15.5 Å². The maximum Gasteiger partial charge on any atom is 0.325 e. The third kappa shape index (κ3) is 7.52. The zero-order valence-electron chi connectivity index (χ0n) is 16.2. The van der Waals surface area contributed by atoms with Crippen LogP contribution in [-0.4, -0.2) is 21.5 Å². The fraction of sp³-hybridized carbons (Fsp3) is 0.714. The molecule has 0 aliphatic heterocycles. The predicted octanol–water partition coefficient (Wildman–Crippen LogP) is 5.12. The summed E-state index contributed by atoms with van der Waals surface area (Å²) in [4.78, 5) is 18.2. The Kier molecular flexibility index (Phi) is 8.35. The zero-order chi connectivity index (χ0) is 19.0. The number of hydrogen-bond acceptors (Lipinski definition) is 2. The van der Waals surface area contributed by atoms with Crippen LogP contribution in [0, 0.1) is 0 Å². The molecule has 0 saturated heterocycles. The molecule has 148 valence electrons. The highest BCUT2D eigenvalue weighted by Gasteiger charge is 2.37. The molecule has 0 spiro atoms. The fourth-order valence-electron chi connectivity index (χ4n) is 4.10. The minimum Gasteiger partial charge on any atom is -0.325 e. The van der Waals surface area contributed by atoms with Gasteiger partial charge >= 0.3 is 7.60 Å². The quantitative estimate of drug-likeness (QED) is 0.367. The molecule has 4 nitrogen and oxygen atoms in total. The van der Waals surface area contributed by atoms with Crippen molar-refractivity contribution in [3.63, 3.8) is 0 Å². The summed E-state index contributed by atoms with van der Waals surface area (Å²) in [5.41, 5.74) is 8.69. The number of aryl methyl sites for hydroxylation is 1. The molecule has 1 fully saturated rings. The van der Waals surface area contributed by atoms with E-state index in [9.17, 15) is 4.57 Å². The van der Waals surface area contributed by atoms with E-state index < -0.39 is 13.1 Å². The average Bonchev–Trinajstić information content (AvgIpc) is 2.99. The maximum absolute atomic E-state index is 11.1. The lowest BCUT2D eigenvalue weighted by molar-refractivity contribution is 0.353. The first-order valence-electron chi connectivity index (χ1n) is 10.2. The molecule has 1 aromatic rings. The van der Waals surface area contributed by atoms with E-state index in [0.29, 0.717) is 12.3 Å². The second kappa shape index (κ2) is 10.0. The van der Waals surface area contributed by atoms with Gasteiger partial charge in [0.25, 0.3) is 0 Å². The van der Waals surface area contributed by atoms with Crippen molar-refractivity contribution in [2.75, 3.05) is 6.16 Å². The number of benzene rings is 1. The fourth-order valence-corrected chi connectivity index (χ4v) is 4.84. The van der Waals surface area contributed by atoms with E-state index >= 15 is 0 Å². The Morgan fingerprint density at radius 3 is 2.42 bits per heavy atom. The van der Waals surface area contributed by atoms with Crippen molar-refractivity contribution in [3.05, 3.63) is 35.4 Å². The number of unbranched alkanes of at least 4 members (excludes halogenated alkanes) is 5. The molecule has 1 aromatic carbocycles. The van der Waals surface area contributed by atoms with Crippen molar-refractivity contribution in [3.8, 4) is 0 Å². The van der Waals surface area contributed by atoms with E-state index in [1.165, 1.54) is 49.7 Å². The lowest BCUT2D eigenvalue weighted by Gasteiger charge is -2.24. The van der Waals surface area contributed by atoms with Crippen molar-refractivity contribution < 1.29 is 14.4 Å². The van der Waals surface area contributed by atoms with Crippen molar-refractivity contribution in [1.29, 1.82) is 0 Å². The third-order valence-corrected chi connectivity index (χ3v) is 6.62. The highest BCUT2D eigenvalue weighted by molar-refractivity contribution is 7.51. The van der Waals surface area contributed by atoms with Crippen LogP contribution in [0.4, 0.5) is 0 Å². The summed E-state index contributed by atoms with van der Waals surface area (Å²) >= 11 is 0. The largest absolute Gasteiger partial charge is 0.325 e. The molecule has 1 aliphatic rings. The summed E-state index contributed by atoms with van der Waals surface area (Å²) in [6, 6.07) is 8.94. The first-order chi connectivity index (χ1) is 12.3. The second-order valence-corrected chi connectivity index (χ2v) is 9.98. The topological polar surface area (TPSA) is 83.6 Å². The highest BCUT2D eigenvalue weighted by Crippen LogP contribution is 2.45. The zero-order valence-corrected chi connectivity index (χ0v) is 17.1. The SMILES string of the molecule is CCCCCCCCc1ccc([C@H]2CC[C@](N)(CCP(=O)(O)O)C2)cc1. The summed E-state index contributed by atoms with van der Waals surface area (Å²) < 4.78 is 11.1. The molecule has 0 aromatic heterocycles. The molecule has 2 rings (SSSR count). The first kappa shape index (κ1) is 21.6. The molecular formula is C21H36NO3P. The molecular weight excluding hydrogens is 345 g/mol. The first-order valence-corrected chi connectivity index (χ1v) is 12.0. The standard InChI is InChI=1S/C21H36NO3P/c1-2-3-4-5-6-7-8-18-9-11-19(12-10-18)20-13-14-21(22,17-20)15-16-26(23,24)25/h9-12,20H,2-8,13-17,22H2,1H3,(H2,23,24,25)/t20-,21-/m0/s1. The van der Waals surface area contributed by atoms with Gasteiger partial charge in [-0.1, -0.05) is 63.3 Å². The maximum atomic E-state index is 11.1. The van der Waals surface area contributed by atoms with E-state index in [1.807, 2.05) is 0 Å². The minimum atomic E-state index is -3.96. The normalized spacial score (nSPS) is 23.5. The molecule has 0 unspecified atom stereocenters. The predicted molar refractivity (Wildman–Crippen MR) is 109 cm³/mol. The average molecular weight is 381 g/mol. The molecule has 2 atom stereocenters. The smallest absolute Gasteiger partial charge is 0.325 e. The second-order valence-electron chi connectivity index (χ2n) is 8.20. The van der Waals surface area contributed by atoms with Gasteiger partial charge in [0.2, 0.25) is 0 Å². The lowest BCUT2D eigenvalue weighted by Crippen LogP contribution is -2.37. The highest BCUT2D eigenvalue weighted by atomic mass is 31.2. The number of hydrogen-bond donors (Lipinski definition) is 3. The summed E-state index contributed by atoms with van der Waals surface area (Å²) in [5.74, 6) is 0.417. The van der Waals surface area contributed by atoms with Crippen LogP contribution in [-0.2, 0) is 11.0 Å². The van der Waals surface area contributed by atoms with E-state index in [-0.39, 0.29) is 6.16 Å². The van der Waals surface area contributed by atoms with Gasteiger partial charge in [-0.3, -0.25) is 4.57 Å². The van der Waals surface area contributed by atoms with Gasteiger partial charge in [0, 0.05) is 5.54 Å². The van der Waals surface area contributed by atoms with Crippen LogP contribution in [0.5, 0.6) is 0 Å². The summed E-state index contributed by atoms with van der Waals surface area (Å²) in [7, 11) is -3.96. The van der Waals surface area contributed by atoms with Crippen LogP contribution in [0.2, 0.25) is 0 Å². The Morgan fingerprint density at radius 1 is 1.12 bits per heavy atom. The van der Waals surface area contributed by atoms with Gasteiger partial charge in [-0.25, -0.2) is 0 Å². The van der Waals surface area contributed by atoms with Crippen molar-refractivity contribution >= 4 is 7.60 Å².